The summed E-state index contributed by atoms with van der Waals surface area (Å²) < 4.78 is 0. The zero-order valence-corrected chi connectivity index (χ0v) is 34.1. The Morgan fingerprint density at radius 3 is 1.67 bits per heavy atom. The Morgan fingerprint density at radius 1 is 0.635 bits per heavy atom. The Morgan fingerprint density at radius 2 is 1.15 bits per heavy atom. The van der Waals surface area contributed by atoms with Gasteiger partial charge in [0.2, 0.25) is 5.91 Å². The summed E-state index contributed by atoms with van der Waals surface area (Å²) in [6, 6.07) is 30.6. The van der Waals surface area contributed by atoms with Crippen molar-refractivity contribution >= 4 is 25.0 Å². The van der Waals surface area contributed by atoms with Crippen molar-refractivity contribution in [3.05, 3.63) is 126 Å². The normalized spacial score (nSPS) is 26.2. The minimum absolute atomic E-state index is 0. The van der Waals surface area contributed by atoms with Crippen molar-refractivity contribution in [3.8, 4) is 0 Å². The fourth-order valence-corrected chi connectivity index (χ4v) is 14.5. The summed E-state index contributed by atoms with van der Waals surface area (Å²) in [6.45, 7) is 0. The number of carbonyl (C=O) groups is 1. The van der Waals surface area contributed by atoms with Gasteiger partial charge in [0.25, 0.3) is 0 Å². The molecular formula is C47H56IrN2OP-. The van der Waals surface area contributed by atoms with Gasteiger partial charge in [0.05, 0.1) is 22.9 Å². The summed E-state index contributed by atoms with van der Waals surface area (Å²) in [5.74, 6) is 2.60. The van der Waals surface area contributed by atoms with Crippen LogP contribution in [0.5, 0.6) is 0 Å². The van der Waals surface area contributed by atoms with Crippen LogP contribution in [-0.4, -0.2) is 28.0 Å². The first-order valence-electron chi connectivity index (χ1n) is 20.4. The summed E-state index contributed by atoms with van der Waals surface area (Å²) in [6.07, 6.45) is 31.3. The van der Waals surface area contributed by atoms with Crippen molar-refractivity contribution in [1.82, 2.24) is 4.90 Å². The zero-order valence-electron chi connectivity index (χ0n) is 30.7. The Labute approximate surface area is 328 Å². The molecule has 1 radical (unpaired) electrons. The van der Waals surface area contributed by atoms with Gasteiger partial charge >= 0.3 is 0 Å². The van der Waals surface area contributed by atoms with Crippen LogP contribution in [0, 0.1) is 29.9 Å². The van der Waals surface area contributed by atoms with Gasteiger partial charge in [-0.25, -0.2) is 0 Å². The van der Waals surface area contributed by atoms with Crippen LogP contribution < -0.4 is 5.30 Å². The van der Waals surface area contributed by atoms with Gasteiger partial charge in [-0.3, -0.25) is 26.8 Å². The number of hydrogen-bond donors (Lipinski definition) is 0. The summed E-state index contributed by atoms with van der Waals surface area (Å²) >= 11 is 0. The molecule has 3 fully saturated rings. The fourth-order valence-electron chi connectivity index (χ4n) is 10.1. The third kappa shape index (κ3) is 8.36. The van der Waals surface area contributed by atoms with Crippen molar-refractivity contribution in [2.45, 2.75) is 126 Å². The number of aliphatic imine (C=N–C) groups is 1. The molecule has 3 nitrogen and oxygen atoms in total. The second-order valence-electron chi connectivity index (χ2n) is 16.0. The van der Waals surface area contributed by atoms with Crippen molar-refractivity contribution in [2.75, 3.05) is 0 Å². The molecule has 6 aliphatic rings. The van der Waals surface area contributed by atoms with Crippen molar-refractivity contribution in [3.63, 3.8) is 0 Å². The van der Waals surface area contributed by atoms with E-state index in [9.17, 15) is 4.79 Å². The number of benzene rings is 3. The molecule has 1 aliphatic heterocycles. The topological polar surface area (TPSA) is 32.7 Å². The minimum atomic E-state index is -0.844. The molecule has 0 unspecified atom stereocenters. The van der Waals surface area contributed by atoms with E-state index in [0.29, 0.717) is 17.7 Å². The van der Waals surface area contributed by atoms with Crippen LogP contribution in [0.3, 0.4) is 0 Å². The third-order valence-electron chi connectivity index (χ3n) is 12.6. The molecule has 52 heavy (non-hydrogen) atoms. The van der Waals surface area contributed by atoms with Crippen LogP contribution in [0.1, 0.15) is 132 Å². The SMILES string of the molecule is O=C(C1CCCCC1)N1C(c2ccccc2[PH+](C2CCCCC2)C2CCCCC2)=N[C@@H](c2ccccc2)[C@@H]1c1ccccc1.[C-]1=CC2C=[C-]C1C2.[Ir]. The first-order valence-corrected chi connectivity index (χ1v) is 22.1. The number of nitrogens with zero attached hydrogens (tertiary/aromatic N) is 2. The average Bonchev–Trinajstić information content (AvgIpc) is 3.97. The number of fused-ring (bicyclic) bond motifs is 2. The molecular weight excluding hydrogens is 832 g/mol. The van der Waals surface area contributed by atoms with Crippen LogP contribution in [0.15, 0.2) is 102 Å². The molecule has 2 atom stereocenters. The first-order chi connectivity index (χ1) is 25.2. The summed E-state index contributed by atoms with van der Waals surface area (Å²) in [7, 11) is -0.844. The van der Waals surface area contributed by atoms with Crippen LogP contribution in [0.4, 0.5) is 0 Å². The molecule has 1 amide bonds. The zero-order chi connectivity index (χ0) is 34.4. The van der Waals surface area contributed by atoms with Crippen LogP contribution >= 0.6 is 7.92 Å². The fraction of sp³-hybridized carbons (Fsp3) is 0.489. The number of rotatable bonds is 7. The second-order valence-corrected chi connectivity index (χ2v) is 19.1. The molecule has 0 saturated heterocycles. The summed E-state index contributed by atoms with van der Waals surface area (Å²) in [5.41, 5.74) is 5.31. The largest absolute Gasteiger partial charge is 0.527 e. The van der Waals surface area contributed by atoms with E-state index in [4.69, 9.17) is 4.99 Å². The van der Waals surface area contributed by atoms with E-state index in [0.717, 1.165) is 42.8 Å². The van der Waals surface area contributed by atoms with Crippen LogP contribution in [0.25, 0.3) is 0 Å². The third-order valence-corrected chi connectivity index (χ3v) is 16.6. The molecule has 0 N–H and O–H groups in total. The predicted octanol–water partition coefficient (Wildman–Crippen LogP) is 11.2. The predicted molar refractivity (Wildman–Crippen MR) is 214 cm³/mol. The summed E-state index contributed by atoms with van der Waals surface area (Å²) in [4.78, 5) is 22.7. The van der Waals surface area contributed by atoms with E-state index >= 15 is 0 Å². The van der Waals surface area contributed by atoms with E-state index < -0.39 is 7.92 Å². The van der Waals surface area contributed by atoms with Gasteiger partial charge in [-0.1, -0.05) is 117 Å². The van der Waals surface area contributed by atoms with E-state index in [1.165, 1.54) is 93.7 Å². The smallest absolute Gasteiger partial charge is 0.231 e. The Balaban J connectivity index is 0.000000466. The molecule has 3 aromatic carbocycles. The van der Waals surface area contributed by atoms with E-state index in [2.05, 4.69) is 114 Å². The maximum Gasteiger partial charge on any atom is 0.231 e. The number of amides is 1. The van der Waals surface area contributed by atoms with Crippen molar-refractivity contribution < 1.29 is 24.9 Å². The number of carbonyl (C=O) groups excluding carboxylic acids is 1. The van der Waals surface area contributed by atoms with Crippen LogP contribution in [0.2, 0.25) is 0 Å². The Bertz CT molecular complexity index is 1640. The molecule has 3 saturated carbocycles. The molecule has 9 rings (SSSR count). The number of allylic oxidation sites excluding steroid dienone is 4. The average molecular weight is 888 g/mol. The van der Waals surface area contributed by atoms with Crippen LogP contribution in [-0.2, 0) is 24.9 Å². The van der Waals surface area contributed by atoms with Gasteiger partial charge in [0.15, 0.2) is 0 Å². The van der Waals surface area contributed by atoms with Gasteiger partial charge in [-0.15, -0.1) is 0 Å². The standard InChI is InChI=1S/C40H49N2OP.C7H6.Ir/c43-40(32-22-10-3-11-23-32)42-38(31-20-8-2-9-21-31)37(30-18-6-1-7-19-30)41-39(42)35-28-16-17-29-36(35)44(33-24-12-4-13-25-33)34-26-14-5-15-27-34;1-2-7-4-3-6(1)5-7;/h1-2,6-9,16-21,28-29,32-34,37-38H,3-5,10-15,22-27H2;1,3,6-7H,5H2;/q;-2;/p+1/t37-,38-;;/m0../s1. The monoisotopic (exact) mass is 888 g/mol. The maximum absolute atomic E-state index is 14.9. The number of amidine groups is 1. The molecule has 5 heteroatoms. The van der Waals surface area contributed by atoms with Gasteiger partial charge < -0.3 is 18.1 Å². The Hall–Kier alpha value is -2.64. The molecule has 0 aromatic heterocycles. The Kier molecular flexibility index (Phi) is 13.1. The second kappa shape index (κ2) is 18.1. The minimum Gasteiger partial charge on any atom is -0.527 e. The van der Waals surface area contributed by atoms with E-state index in [-0.39, 0.29) is 38.1 Å². The van der Waals surface area contributed by atoms with Gasteiger partial charge in [0.1, 0.15) is 17.2 Å². The maximum atomic E-state index is 14.9. The van der Waals surface area contributed by atoms with Gasteiger partial charge in [0, 0.05) is 33.9 Å². The summed E-state index contributed by atoms with van der Waals surface area (Å²) in [5, 5.41) is 1.57. The van der Waals surface area contributed by atoms with E-state index in [1.807, 2.05) is 0 Å². The quantitative estimate of drug-likeness (QED) is 0.172. The molecule has 1 heterocycles. The van der Waals surface area contributed by atoms with Gasteiger partial charge in [-0.2, -0.15) is 0 Å². The molecule has 275 valence electrons. The first kappa shape index (κ1) is 37.7. The molecule has 3 aromatic rings. The van der Waals surface area contributed by atoms with E-state index in [1.54, 1.807) is 5.30 Å². The molecule has 2 bridgehead atoms. The van der Waals surface area contributed by atoms with Crippen molar-refractivity contribution in [2.24, 2.45) is 22.7 Å². The van der Waals surface area contributed by atoms with Gasteiger partial charge in [-0.05, 0) is 87.5 Å². The molecule has 5 aliphatic carbocycles. The number of hydrogen-bond acceptors (Lipinski definition) is 2. The molecule has 0 spiro atoms. The van der Waals surface area contributed by atoms with Crippen molar-refractivity contribution in [1.29, 1.82) is 0 Å².